The highest BCUT2D eigenvalue weighted by molar-refractivity contribution is 7.55. The van der Waals surface area contributed by atoms with E-state index < -0.39 is 55.5 Å². The number of esters is 2. The molecule has 13 heteroatoms. The molecule has 37 heavy (non-hydrogen) atoms. The molecule has 2 unspecified atom stereocenters. The molecule has 2 atom stereocenters. The molecule has 0 aliphatic heterocycles. The molecular weight excluding hydrogens is 503 g/mol. The van der Waals surface area contributed by atoms with E-state index in [-0.39, 0.29) is 31.4 Å². The SMILES string of the molecule is CC(C)OC(=O)C(CCC(=O)C=N)NP(=O)(NC(CCC(=O)C=N)C(=O)OC(C)C)Oc1ccccc1. The van der Waals surface area contributed by atoms with Crippen molar-refractivity contribution in [2.24, 2.45) is 0 Å². The number of rotatable bonds is 18. The Kier molecular flexibility index (Phi) is 13.6. The predicted octanol–water partition coefficient (Wildman–Crippen LogP) is 2.99. The van der Waals surface area contributed by atoms with Gasteiger partial charge in [0.25, 0.3) is 0 Å². The van der Waals surface area contributed by atoms with Crippen LogP contribution in [0.25, 0.3) is 0 Å². The van der Waals surface area contributed by atoms with E-state index in [1.54, 1.807) is 45.9 Å². The van der Waals surface area contributed by atoms with Crippen molar-refractivity contribution in [3.05, 3.63) is 30.3 Å². The molecular formula is C24H35N4O8P. The molecule has 0 saturated carbocycles. The van der Waals surface area contributed by atoms with Gasteiger partial charge >= 0.3 is 19.6 Å². The maximum absolute atomic E-state index is 14.1. The normalized spacial score (nSPS) is 14.2. The fourth-order valence-corrected chi connectivity index (χ4v) is 4.83. The number of carbonyl (C=O) groups is 4. The average molecular weight is 539 g/mol. The van der Waals surface area contributed by atoms with Gasteiger partial charge in [0.15, 0.2) is 11.6 Å². The van der Waals surface area contributed by atoms with Crippen LogP contribution in [0.2, 0.25) is 0 Å². The molecule has 0 heterocycles. The van der Waals surface area contributed by atoms with Gasteiger partial charge in [-0.3, -0.25) is 19.2 Å². The molecule has 1 aromatic carbocycles. The Morgan fingerprint density at radius 2 is 1.22 bits per heavy atom. The van der Waals surface area contributed by atoms with Crippen molar-refractivity contribution in [1.29, 1.82) is 10.8 Å². The monoisotopic (exact) mass is 538 g/mol. The van der Waals surface area contributed by atoms with Gasteiger partial charge in [0.05, 0.1) is 24.6 Å². The van der Waals surface area contributed by atoms with Crippen LogP contribution >= 0.6 is 7.67 Å². The summed E-state index contributed by atoms with van der Waals surface area (Å²) in [4.78, 5) is 49.0. The number of Topliss-reactive ketones (excluding diaryl/α,β-unsaturated/α-hetero) is 2. The molecule has 1 rings (SSSR count). The van der Waals surface area contributed by atoms with Gasteiger partial charge in [-0.15, -0.1) is 0 Å². The zero-order chi connectivity index (χ0) is 28.0. The number of hydrogen-bond donors (Lipinski definition) is 4. The third-order valence-corrected chi connectivity index (χ3v) is 6.35. The van der Waals surface area contributed by atoms with Gasteiger partial charge in [-0.2, -0.15) is 0 Å². The lowest BCUT2D eigenvalue weighted by Gasteiger charge is -2.29. The van der Waals surface area contributed by atoms with Crippen LogP contribution in [-0.2, 0) is 33.2 Å². The number of ketones is 2. The second-order valence-electron chi connectivity index (χ2n) is 8.59. The Hall–Kier alpha value is -3.21. The summed E-state index contributed by atoms with van der Waals surface area (Å²) in [7, 11) is -4.32. The van der Waals surface area contributed by atoms with Crippen LogP contribution < -0.4 is 14.7 Å². The van der Waals surface area contributed by atoms with E-state index in [0.29, 0.717) is 12.4 Å². The second kappa shape index (κ2) is 15.8. The molecule has 0 saturated heterocycles. The summed E-state index contributed by atoms with van der Waals surface area (Å²) in [5.41, 5.74) is 0. The number of ether oxygens (including phenoxy) is 2. The van der Waals surface area contributed by atoms with Gasteiger partial charge < -0.3 is 24.8 Å². The summed E-state index contributed by atoms with van der Waals surface area (Å²) in [5.74, 6) is -2.60. The first-order valence-electron chi connectivity index (χ1n) is 11.8. The zero-order valence-corrected chi connectivity index (χ0v) is 22.3. The molecule has 0 aliphatic carbocycles. The zero-order valence-electron chi connectivity index (χ0n) is 21.4. The minimum Gasteiger partial charge on any atom is -0.462 e. The fraction of sp³-hybridized carbons (Fsp3) is 0.500. The topological polar surface area (TPSA) is 185 Å². The molecule has 12 nitrogen and oxygen atoms in total. The summed E-state index contributed by atoms with van der Waals surface area (Å²) in [6.45, 7) is 6.48. The van der Waals surface area contributed by atoms with Crippen molar-refractivity contribution in [1.82, 2.24) is 10.2 Å². The summed E-state index contributed by atoms with van der Waals surface area (Å²) >= 11 is 0. The Bertz CT molecular complexity index is 944. The van der Waals surface area contributed by atoms with Gasteiger partial charge in [0, 0.05) is 12.8 Å². The summed E-state index contributed by atoms with van der Waals surface area (Å²) in [6, 6.07) is 5.36. The van der Waals surface area contributed by atoms with E-state index in [1.807, 2.05) is 0 Å². The Morgan fingerprint density at radius 3 is 1.57 bits per heavy atom. The molecule has 204 valence electrons. The lowest BCUT2D eigenvalue weighted by atomic mass is 10.1. The second-order valence-corrected chi connectivity index (χ2v) is 10.4. The van der Waals surface area contributed by atoms with Crippen LogP contribution in [0.1, 0.15) is 53.4 Å². The Balaban J connectivity index is 3.38. The van der Waals surface area contributed by atoms with Gasteiger partial charge in [-0.1, -0.05) is 18.2 Å². The lowest BCUT2D eigenvalue weighted by Crippen LogP contribution is -2.46. The van der Waals surface area contributed by atoms with Crippen molar-refractivity contribution < 1.29 is 37.7 Å². The molecule has 4 N–H and O–H groups in total. The predicted molar refractivity (Wildman–Crippen MR) is 137 cm³/mol. The van der Waals surface area contributed by atoms with Crippen LogP contribution in [0.3, 0.4) is 0 Å². The van der Waals surface area contributed by atoms with E-state index in [1.165, 1.54) is 12.1 Å². The third kappa shape index (κ3) is 12.5. The number of nitrogens with one attached hydrogen (secondary N) is 4. The first-order valence-corrected chi connectivity index (χ1v) is 13.4. The Labute approximate surface area is 216 Å². The van der Waals surface area contributed by atoms with Gasteiger partial charge in [-0.25, -0.2) is 14.7 Å². The van der Waals surface area contributed by atoms with Gasteiger partial charge in [0.2, 0.25) is 0 Å². The molecule has 0 spiro atoms. The van der Waals surface area contributed by atoms with Gasteiger partial charge in [-0.05, 0) is 52.7 Å². The highest BCUT2D eigenvalue weighted by Crippen LogP contribution is 2.41. The van der Waals surface area contributed by atoms with Crippen molar-refractivity contribution >= 4 is 43.6 Å². The number of para-hydroxylation sites is 1. The molecule has 0 fully saturated rings. The lowest BCUT2D eigenvalue weighted by molar-refractivity contribution is -0.150. The van der Waals surface area contributed by atoms with Gasteiger partial charge in [0.1, 0.15) is 17.8 Å². The minimum absolute atomic E-state index is 0.143. The first kappa shape index (κ1) is 31.8. The van der Waals surface area contributed by atoms with Crippen molar-refractivity contribution in [3.63, 3.8) is 0 Å². The third-order valence-electron chi connectivity index (χ3n) is 4.58. The molecule has 0 bridgehead atoms. The molecule has 0 amide bonds. The molecule has 1 aromatic rings. The van der Waals surface area contributed by atoms with Crippen molar-refractivity contribution in [2.75, 3.05) is 0 Å². The van der Waals surface area contributed by atoms with E-state index in [2.05, 4.69) is 10.2 Å². The van der Waals surface area contributed by atoms with Crippen LogP contribution in [-0.4, -0.2) is 60.2 Å². The van der Waals surface area contributed by atoms with Crippen LogP contribution in [0, 0.1) is 10.8 Å². The van der Waals surface area contributed by atoms with E-state index in [0.717, 1.165) is 0 Å². The van der Waals surface area contributed by atoms with E-state index in [4.69, 9.17) is 24.8 Å². The Morgan fingerprint density at radius 1 is 0.811 bits per heavy atom. The molecule has 0 aromatic heterocycles. The largest absolute Gasteiger partial charge is 0.462 e. The summed E-state index contributed by atoms with van der Waals surface area (Å²) in [6.07, 6.45) is -0.577. The number of hydrogen-bond acceptors (Lipinski definition) is 10. The van der Waals surface area contributed by atoms with E-state index >= 15 is 0 Å². The van der Waals surface area contributed by atoms with Crippen LogP contribution in [0.4, 0.5) is 0 Å². The minimum atomic E-state index is -4.32. The number of benzene rings is 1. The number of carbonyl (C=O) groups excluding carboxylic acids is 4. The highest BCUT2D eigenvalue weighted by Gasteiger charge is 2.38. The standard InChI is InChI=1S/C24H35N4O8P/c1-16(2)34-23(31)21(12-10-18(29)14-25)27-37(33,36-20-8-6-5-7-9-20)28-22(13-11-19(30)15-26)24(32)35-17(3)4/h5-9,14-17,21-22,25-26H,10-13H2,1-4H3,(H2,27,28,33). The highest BCUT2D eigenvalue weighted by atomic mass is 31.2. The summed E-state index contributed by atoms with van der Waals surface area (Å²) in [5, 5.41) is 19.4. The van der Waals surface area contributed by atoms with Crippen LogP contribution in [0.15, 0.2) is 30.3 Å². The first-order chi connectivity index (χ1) is 17.4. The maximum atomic E-state index is 14.1. The average Bonchev–Trinajstić information content (AvgIpc) is 2.83. The fourth-order valence-electron chi connectivity index (χ4n) is 2.95. The summed E-state index contributed by atoms with van der Waals surface area (Å²) < 4.78 is 30.3. The smallest absolute Gasteiger partial charge is 0.391 e. The van der Waals surface area contributed by atoms with Crippen molar-refractivity contribution in [3.8, 4) is 5.75 Å². The molecule has 0 aliphatic rings. The van der Waals surface area contributed by atoms with Crippen LogP contribution in [0.5, 0.6) is 5.75 Å². The van der Waals surface area contributed by atoms with E-state index in [9.17, 15) is 23.7 Å². The van der Waals surface area contributed by atoms with Crippen molar-refractivity contribution in [2.45, 2.75) is 77.7 Å². The quantitative estimate of drug-likeness (QED) is 0.123. The molecule has 0 radical (unpaired) electrons. The maximum Gasteiger partial charge on any atom is 0.391 e.